The zero-order valence-corrected chi connectivity index (χ0v) is 19.6. The summed E-state index contributed by atoms with van der Waals surface area (Å²) in [6.07, 6.45) is 0. The first-order chi connectivity index (χ1) is 14.4. The topological polar surface area (TPSA) is 66.7 Å². The molecule has 0 aliphatic rings. The lowest BCUT2D eigenvalue weighted by atomic mass is 10.0. The Morgan fingerprint density at radius 1 is 1.20 bits per heavy atom. The second-order valence-electron chi connectivity index (χ2n) is 7.36. The van der Waals surface area contributed by atoms with Crippen LogP contribution in [-0.2, 0) is 13.6 Å². The van der Waals surface area contributed by atoms with E-state index in [1.165, 1.54) is 11.1 Å². The maximum absolute atomic E-state index is 5.45. The molecule has 2 aromatic rings. The van der Waals surface area contributed by atoms with Gasteiger partial charge in [-0.15, -0.1) is 0 Å². The van der Waals surface area contributed by atoms with Crippen LogP contribution in [0.2, 0.25) is 0 Å². The van der Waals surface area contributed by atoms with Gasteiger partial charge >= 0.3 is 0 Å². The number of ether oxygens (including phenoxy) is 1. The largest absolute Gasteiger partial charge is 0.497 e. The summed E-state index contributed by atoms with van der Waals surface area (Å²) in [5.74, 6) is 1.70. The molecule has 0 bridgehead atoms. The minimum Gasteiger partial charge on any atom is -0.497 e. The summed E-state index contributed by atoms with van der Waals surface area (Å²) in [7, 11) is 3.68. The first-order valence-corrected chi connectivity index (χ1v) is 10.8. The number of nitrogens with zero attached hydrogens (tertiary/aromatic N) is 4. The van der Waals surface area contributed by atoms with Gasteiger partial charge in [-0.3, -0.25) is 9.58 Å². The van der Waals surface area contributed by atoms with Crippen molar-refractivity contribution in [1.82, 2.24) is 25.3 Å². The summed E-state index contributed by atoms with van der Waals surface area (Å²) in [5, 5.41) is 11.4. The third-order valence-corrected chi connectivity index (χ3v) is 5.59. The van der Waals surface area contributed by atoms with Crippen LogP contribution >= 0.6 is 0 Å². The molecule has 0 aliphatic heterocycles. The van der Waals surface area contributed by atoms with E-state index in [4.69, 9.17) is 9.73 Å². The number of benzene rings is 1. The smallest absolute Gasteiger partial charge is 0.191 e. The minimum absolute atomic E-state index is 0.223. The predicted octanol–water partition coefficient (Wildman–Crippen LogP) is 3.18. The summed E-state index contributed by atoms with van der Waals surface area (Å²) in [4.78, 5) is 7.27. The molecular weight excluding hydrogens is 376 g/mol. The highest BCUT2D eigenvalue weighted by Gasteiger charge is 2.19. The van der Waals surface area contributed by atoms with Crippen molar-refractivity contribution >= 4 is 5.96 Å². The fraction of sp³-hybridized carbons (Fsp3) is 0.565. The van der Waals surface area contributed by atoms with Crippen molar-refractivity contribution in [2.24, 2.45) is 12.0 Å². The Labute approximate surface area is 181 Å². The zero-order chi connectivity index (χ0) is 22.1. The molecule has 0 saturated heterocycles. The molecule has 1 atom stereocenters. The SMILES string of the molecule is CCNC(=NCc1c(C)nn(C)c1C)NCC(c1cccc(OC)c1)N(CC)CC. The van der Waals surface area contributed by atoms with Crippen LogP contribution in [0.5, 0.6) is 5.75 Å². The van der Waals surface area contributed by atoms with E-state index in [9.17, 15) is 0 Å². The summed E-state index contributed by atoms with van der Waals surface area (Å²) in [5.41, 5.74) is 4.61. The van der Waals surface area contributed by atoms with Gasteiger partial charge in [-0.2, -0.15) is 5.10 Å². The normalized spacial score (nSPS) is 12.9. The van der Waals surface area contributed by atoms with Crippen LogP contribution in [0.3, 0.4) is 0 Å². The predicted molar refractivity (Wildman–Crippen MR) is 124 cm³/mol. The number of aromatic nitrogens is 2. The fourth-order valence-electron chi connectivity index (χ4n) is 3.71. The summed E-state index contributed by atoms with van der Waals surface area (Å²) < 4.78 is 7.36. The number of aliphatic imine (C=N–C) groups is 1. The summed E-state index contributed by atoms with van der Waals surface area (Å²) in [6.45, 7) is 14.7. The van der Waals surface area contributed by atoms with Crippen LogP contribution in [-0.4, -0.2) is 53.9 Å². The van der Waals surface area contributed by atoms with E-state index in [1.54, 1.807) is 7.11 Å². The van der Waals surface area contributed by atoms with Crippen LogP contribution in [0, 0.1) is 13.8 Å². The van der Waals surface area contributed by atoms with Crippen molar-refractivity contribution < 1.29 is 4.74 Å². The van der Waals surface area contributed by atoms with Gasteiger partial charge in [-0.05, 0) is 51.6 Å². The first-order valence-electron chi connectivity index (χ1n) is 10.8. The lowest BCUT2D eigenvalue weighted by Gasteiger charge is -2.31. The summed E-state index contributed by atoms with van der Waals surface area (Å²) in [6, 6.07) is 8.55. The van der Waals surface area contributed by atoms with E-state index in [-0.39, 0.29) is 6.04 Å². The second-order valence-corrected chi connectivity index (χ2v) is 7.36. The molecule has 7 heteroatoms. The number of guanidine groups is 1. The van der Waals surface area contributed by atoms with E-state index < -0.39 is 0 Å². The lowest BCUT2D eigenvalue weighted by Crippen LogP contribution is -2.43. The molecule has 0 aliphatic carbocycles. The van der Waals surface area contributed by atoms with Crippen molar-refractivity contribution in [2.75, 3.05) is 33.3 Å². The molecule has 1 heterocycles. The molecule has 30 heavy (non-hydrogen) atoms. The molecule has 2 rings (SSSR count). The molecule has 1 aromatic heterocycles. The number of likely N-dealkylation sites (N-methyl/N-ethyl adjacent to an activating group) is 1. The van der Waals surface area contributed by atoms with Crippen LogP contribution in [0.4, 0.5) is 0 Å². The Hall–Kier alpha value is -2.54. The Bertz CT molecular complexity index is 825. The van der Waals surface area contributed by atoms with Crippen molar-refractivity contribution in [2.45, 2.75) is 47.2 Å². The number of methoxy groups -OCH3 is 1. The highest BCUT2D eigenvalue weighted by atomic mass is 16.5. The van der Waals surface area contributed by atoms with Gasteiger partial charge in [0.1, 0.15) is 5.75 Å². The van der Waals surface area contributed by atoms with Crippen LogP contribution in [0.15, 0.2) is 29.3 Å². The zero-order valence-electron chi connectivity index (χ0n) is 19.6. The molecule has 7 nitrogen and oxygen atoms in total. The Kier molecular flexibility index (Phi) is 9.17. The first kappa shape index (κ1) is 23.7. The molecule has 0 fully saturated rings. The standard InChI is InChI=1S/C23H38N6O/c1-8-24-23(25-15-21-17(4)27-28(6)18(21)5)26-16-22(29(9-2)10-3)19-12-11-13-20(14-19)30-7/h11-14,22H,8-10,15-16H2,1-7H3,(H2,24,25,26). The maximum Gasteiger partial charge on any atom is 0.191 e. The number of nitrogens with one attached hydrogen (secondary N) is 2. The molecule has 0 amide bonds. The maximum atomic E-state index is 5.45. The van der Waals surface area contributed by atoms with Crippen LogP contribution in [0.25, 0.3) is 0 Å². The third-order valence-electron chi connectivity index (χ3n) is 5.59. The fourth-order valence-corrected chi connectivity index (χ4v) is 3.71. The van der Waals surface area contributed by atoms with Crippen molar-refractivity contribution in [1.29, 1.82) is 0 Å². The van der Waals surface area contributed by atoms with Crippen molar-refractivity contribution in [3.05, 3.63) is 46.8 Å². The van der Waals surface area contributed by atoms with Gasteiger partial charge in [0.05, 0.1) is 25.4 Å². The van der Waals surface area contributed by atoms with Crippen LogP contribution in [0.1, 0.15) is 49.3 Å². The third kappa shape index (κ3) is 5.98. The molecule has 2 N–H and O–H groups in total. The van der Waals surface area contributed by atoms with Gasteiger partial charge in [0.2, 0.25) is 0 Å². The molecule has 1 unspecified atom stereocenters. The Morgan fingerprint density at radius 3 is 2.50 bits per heavy atom. The van der Waals surface area contributed by atoms with E-state index in [1.807, 2.05) is 24.7 Å². The molecule has 1 aromatic carbocycles. The quantitative estimate of drug-likeness (QED) is 0.462. The van der Waals surface area contributed by atoms with E-state index >= 15 is 0 Å². The average Bonchev–Trinajstić information content (AvgIpc) is 3.00. The highest BCUT2D eigenvalue weighted by Crippen LogP contribution is 2.23. The second kappa shape index (κ2) is 11.6. The van der Waals surface area contributed by atoms with Gasteiger partial charge in [-0.1, -0.05) is 26.0 Å². The average molecular weight is 415 g/mol. The lowest BCUT2D eigenvalue weighted by molar-refractivity contribution is 0.218. The Balaban J connectivity index is 2.20. The van der Waals surface area contributed by atoms with Gasteiger partial charge in [0, 0.05) is 31.4 Å². The number of hydrogen-bond donors (Lipinski definition) is 2. The molecule has 0 spiro atoms. The van der Waals surface area contributed by atoms with Gasteiger partial charge < -0.3 is 15.4 Å². The van der Waals surface area contributed by atoms with E-state index in [0.29, 0.717) is 6.54 Å². The van der Waals surface area contributed by atoms with E-state index in [0.717, 1.165) is 49.3 Å². The minimum atomic E-state index is 0.223. The molecular formula is C23H38N6O. The highest BCUT2D eigenvalue weighted by molar-refractivity contribution is 5.79. The van der Waals surface area contributed by atoms with Gasteiger partial charge in [0.25, 0.3) is 0 Å². The number of aryl methyl sites for hydroxylation is 2. The number of rotatable bonds is 10. The number of hydrogen-bond acceptors (Lipinski definition) is 4. The monoisotopic (exact) mass is 414 g/mol. The van der Waals surface area contributed by atoms with Crippen LogP contribution < -0.4 is 15.4 Å². The molecule has 0 saturated carbocycles. The molecule has 0 radical (unpaired) electrons. The van der Waals surface area contributed by atoms with Gasteiger partial charge in [-0.25, -0.2) is 4.99 Å². The van der Waals surface area contributed by atoms with Crippen molar-refractivity contribution in [3.63, 3.8) is 0 Å². The van der Waals surface area contributed by atoms with E-state index in [2.05, 4.69) is 66.5 Å². The van der Waals surface area contributed by atoms with Crippen molar-refractivity contribution in [3.8, 4) is 5.75 Å². The molecule has 166 valence electrons. The van der Waals surface area contributed by atoms with Gasteiger partial charge in [0.15, 0.2) is 5.96 Å². The Morgan fingerprint density at radius 2 is 1.93 bits per heavy atom. The summed E-state index contributed by atoms with van der Waals surface area (Å²) >= 11 is 0.